The van der Waals surface area contributed by atoms with Crippen molar-refractivity contribution in [3.63, 3.8) is 0 Å². The zero-order valence-electron chi connectivity index (χ0n) is 17.3. The average molecular weight is 404 g/mol. The lowest BCUT2D eigenvalue weighted by atomic mass is 9.85. The SMILES string of the molecule is CNCCC1=C2C(=O)C=CC=C2N=C1C1=Cc2[nH]cc(CCN(C)C)c2C(=O)C1=O. The van der Waals surface area contributed by atoms with Crippen LogP contribution in [0.1, 0.15) is 28.0 Å². The number of carbonyl (C=O) groups excluding carboxylic acids is 3. The van der Waals surface area contributed by atoms with E-state index < -0.39 is 11.6 Å². The van der Waals surface area contributed by atoms with E-state index in [0.29, 0.717) is 53.2 Å². The van der Waals surface area contributed by atoms with E-state index in [1.807, 2.05) is 26.0 Å². The van der Waals surface area contributed by atoms with Gasteiger partial charge in [0.15, 0.2) is 5.78 Å². The molecule has 7 heteroatoms. The molecule has 1 aliphatic heterocycles. The van der Waals surface area contributed by atoms with Crippen LogP contribution in [-0.4, -0.2) is 67.2 Å². The fourth-order valence-corrected chi connectivity index (χ4v) is 3.97. The van der Waals surface area contributed by atoms with E-state index in [-0.39, 0.29) is 11.4 Å². The summed E-state index contributed by atoms with van der Waals surface area (Å²) in [6.45, 7) is 1.40. The van der Waals surface area contributed by atoms with Crippen molar-refractivity contribution in [1.29, 1.82) is 0 Å². The molecule has 0 saturated carbocycles. The van der Waals surface area contributed by atoms with Gasteiger partial charge in [0.2, 0.25) is 11.6 Å². The van der Waals surface area contributed by atoms with Gasteiger partial charge in [0, 0.05) is 12.7 Å². The number of nitrogens with zero attached hydrogens (tertiary/aromatic N) is 2. The predicted octanol–water partition coefficient (Wildman–Crippen LogP) is 1.65. The van der Waals surface area contributed by atoms with Gasteiger partial charge in [0.25, 0.3) is 0 Å². The zero-order valence-corrected chi connectivity index (χ0v) is 17.3. The monoisotopic (exact) mass is 404 g/mol. The number of H-pyrrole nitrogens is 1. The Labute approximate surface area is 174 Å². The van der Waals surface area contributed by atoms with Gasteiger partial charge in [-0.1, -0.05) is 6.08 Å². The molecule has 1 aromatic rings. The van der Waals surface area contributed by atoms with Crippen molar-refractivity contribution in [3.05, 3.63) is 63.7 Å². The summed E-state index contributed by atoms with van der Waals surface area (Å²) in [5.74, 6) is -1.22. The highest BCUT2D eigenvalue weighted by molar-refractivity contribution is 6.59. The Hall–Kier alpha value is -3.16. The maximum absolute atomic E-state index is 13.1. The molecule has 2 N–H and O–H groups in total. The van der Waals surface area contributed by atoms with E-state index in [9.17, 15) is 14.4 Å². The summed E-state index contributed by atoms with van der Waals surface area (Å²) in [5.41, 5.74) is 4.36. The first-order valence-corrected chi connectivity index (χ1v) is 9.98. The molecule has 2 aliphatic carbocycles. The smallest absolute Gasteiger partial charge is 0.236 e. The van der Waals surface area contributed by atoms with Gasteiger partial charge in [0.1, 0.15) is 0 Å². The molecule has 0 spiro atoms. The van der Waals surface area contributed by atoms with Gasteiger partial charge in [-0.3, -0.25) is 14.4 Å². The number of aliphatic imine (C=N–C) groups is 1. The first-order valence-electron chi connectivity index (χ1n) is 9.98. The Morgan fingerprint density at radius 1 is 1.13 bits per heavy atom. The molecule has 30 heavy (non-hydrogen) atoms. The molecule has 2 heterocycles. The van der Waals surface area contributed by atoms with Gasteiger partial charge in [-0.15, -0.1) is 0 Å². The fourth-order valence-electron chi connectivity index (χ4n) is 3.97. The largest absolute Gasteiger partial charge is 0.361 e. The van der Waals surface area contributed by atoms with Crippen molar-refractivity contribution >= 4 is 29.1 Å². The highest BCUT2D eigenvalue weighted by Crippen LogP contribution is 2.36. The van der Waals surface area contributed by atoms with Gasteiger partial charge in [-0.25, -0.2) is 4.99 Å². The first kappa shape index (κ1) is 20.1. The minimum absolute atomic E-state index is 0.126. The molecule has 1 aromatic heterocycles. The molecule has 0 atom stereocenters. The number of likely N-dealkylation sites (N-methyl/N-ethyl adjacent to an activating group) is 1. The number of fused-ring (bicyclic) bond motifs is 2. The molecule has 7 nitrogen and oxygen atoms in total. The lowest BCUT2D eigenvalue weighted by Gasteiger charge is -2.16. The van der Waals surface area contributed by atoms with Crippen LogP contribution in [0.25, 0.3) is 6.08 Å². The van der Waals surface area contributed by atoms with Crippen LogP contribution >= 0.6 is 0 Å². The number of rotatable bonds is 7. The third-order valence-corrected chi connectivity index (χ3v) is 5.49. The van der Waals surface area contributed by atoms with Crippen molar-refractivity contribution in [2.45, 2.75) is 12.8 Å². The number of ketones is 3. The summed E-state index contributed by atoms with van der Waals surface area (Å²) in [5, 5.41) is 3.07. The number of Topliss-reactive ketones (excluding diaryl/α,β-unsaturated/α-hetero) is 2. The van der Waals surface area contributed by atoms with Crippen LogP contribution in [-0.2, 0) is 16.0 Å². The van der Waals surface area contributed by atoms with E-state index in [4.69, 9.17) is 0 Å². The van der Waals surface area contributed by atoms with Gasteiger partial charge < -0.3 is 15.2 Å². The van der Waals surface area contributed by atoms with Crippen LogP contribution in [0.2, 0.25) is 0 Å². The second kappa shape index (κ2) is 7.93. The summed E-state index contributed by atoms with van der Waals surface area (Å²) in [6, 6.07) is 0. The van der Waals surface area contributed by atoms with E-state index in [2.05, 4.69) is 15.3 Å². The lowest BCUT2D eigenvalue weighted by molar-refractivity contribution is -0.112. The van der Waals surface area contributed by atoms with Crippen LogP contribution in [0.3, 0.4) is 0 Å². The van der Waals surface area contributed by atoms with Crippen LogP contribution in [0.5, 0.6) is 0 Å². The molecule has 4 rings (SSSR count). The molecule has 154 valence electrons. The van der Waals surface area contributed by atoms with Crippen molar-refractivity contribution in [2.24, 2.45) is 4.99 Å². The molecule has 0 unspecified atom stereocenters. The lowest BCUT2D eigenvalue weighted by Crippen LogP contribution is -2.28. The Morgan fingerprint density at radius 3 is 2.67 bits per heavy atom. The minimum Gasteiger partial charge on any atom is -0.361 e. The summed E-state index contributed by atoms with van der Waals surface area (Å²) < 4.78 is 0. The maximum Gasteiger partial charge on any atom is 0.236 e. The summed E-state index contributed by atoms with van der Waals surface area (Å²) in [7, 11) is 5.75. The average Bonchev–Trinajstić information content (AvgIpc) is 3.29. The number of hydrogen-bond acceptors (Lipinski definition) is 6. The number of aromatic amines is 1. The topological polar surface area (TPSA) is 94.6 Å². The normalized spacial score (nSPS) is 18.0. The fraction of sp³-hybridized carbons (Fsp3) is 0.304. The molecule has 3 aliphatic rings. The third kappa shape index (κ3) is 3.36. The standard InChI is InChI=1S/C23H24N4O3/c1-24-9-7-14-20-16(5-4-6-18(20)28)26-21(14)15-11-17-19(23(30)22(15)29)13(12-25-17)8-10-27(2)3/h4-6,11-12,24-25H,7-10H2,1-3H3. The van der Waals surface area contributed by atoms with Gasteiger partial charge in [0.05, 0.1) is 33.8 Å². The van der Waals surface area contributed by atoms with Gasteiger partial charge >= 0.3 is 0 Å². The number of hydrogen-bond donors (Lipinski definition) is 2. The first-order chi connectivity index (χ1) is 14.4. The van der Waals surface area contributed by atoms with Crippen molar-refractivity contribution in [3.8, 4) is 0 Å². The summed E-state index contributed by atoms with van der Waals surface area (Å²) >= 11 is 0. The molecular formula is C23H24N4O3. The second-order valence-electron chi connectivity index (χ2n) is 7.81. The van der Waals surface area contributed by atoms with E-state index in [0.717, 1.165) is 12.1 Å². The summed E-state index contributed by atoms with van der Waals surface area (Å²) in [6.07, 6.45) is 9.62. The van der Waals surface area contributed by atoms with Crippen LogP contribution in [0.15, 0.2) is 51.8 Å². The van der Waals surface area contributed by atoms with Crippen molar-refractivity contribution < 1.29 is 14.4 Å². The van der Waals surface area contributed by atoms with Crippen LogP contribution in [0.4, 0.5) is 0 Å². The quantitative estimate of drug-likeness (QED) is 0.674. The number of carbonyl (C=O) groups is 3. The van der Waals surface area contributed by atoms with E-state index in [1.165, 1.54) is 6.08 Å². The molecule has 0 amide bonds. The van der Waals surface area contributed by atoms with Crippen LogP contribution in [0, 0.1) is 0 Å². The minimum atomic E-state index is -0.575. The number of allylic oxidation sites excluding steroid dienone is 5. The highest BCUT2D eigenvalue weighted by atomic mass is 16.2. The van der Waals surface area contributed by atoms with Crippen LogP contribution < -0.4 is 5.32 Å². The Kier molecular flexibility index (Phi) is 5.32. The maximum atomic E-state index is 13.1. The van der Waals surface area contributed by atoms with E-state index in [1.54, 1.807) is 24.4 Å². The van der Waals surface area contributed by atoms with Gasteiger partial charge in [-0.2, -0.15) is 0 Å². The number of aromatic nitrogens is 1. The molecule has 0 aromatic carbocycles. The van der Waals surface area contributed by atoms with E-state index >= 15 is 0 Å². The van der Waals surface area contributed by atoms with Crippen molar-refractivity contribution in [2.75, 3.05) is 34.2 Å². The third-order valence-electron chi connectivity index (χ3n) is 5.49. The second-order valence-corrected chi connectivity index (χ2v) is 7.81. The molecule has 0 saturated heterocycles. The molecular weight excluding hydrogens is 380 g/mol. The predicted molar refractivity (Wildman–Crippen MR) is 116 cm³/mol. The Morgan fingerprint density at radius 2 is 1.93 bits per heavy atom. The van der Waals surface area contributed by atoms with Gasteiger partial charge in [-0.05, 0) is 69.9 Å². The molecule has 0 bridgehead atoms. The number of nitrogens with one attached hydrogen (secondary N) is 2. The molecule has 0 fully saturated rings. The molecule has 0 radical (unpaired) electrons. The Bertz CT molecular complexity index is 1110. The highest BCUT2D eigenvalue weighted by Gasteiger charge is 2.38. The van der Waals surface area contributed by atoms with Crippen molar-refractivity contribution in [1.82, 2.24) is 15.2 Å². The zero-order chi connectivity index (χ0) is 21.4. The Balaban J connectivity index is 1.77. The summed E-state index contributed by atoms with van der Waals surface area (Å²) in [4.78, 5) is 48.3.